The van der Waals surface area contributed by atoms with Gasteiger partial charge < -0.3 is 0 Å². The standard InChI is InChI=1S/C9H9BrN2.C2H6/c1-6-3-7-5-11-12(2)9(7)8(10)4-6;1-2/h3-5H,1-2H3;1-2H3. The summed E-state index contributed by atoms with van der Waals surface area (Å²) in [5.41, 5.74) is 2.41. The van der Waals surface area contributed by atoms with E-state index < -0.39 is 0 Å². The largest absolute Gasteiger partial charge is 0.267 e. The molecule has 2 rings (SSSR count). The fourth-order valence-corrected chi connectivity index (χ4v) is 2.25. The third kappa shape index (κ3) is 1.98. The Morgan fingerprint density at radius 1 is 1.29 bits per heavy atom. The molecule has 0 bridgehead atoms. The molecule has 1 aromatic carbocycles. The minimum absolute atomic E-state index is 1.11. The molecule has 0 aliphatic carbocycles. The molecule has 0 N–H and O–H groups in total. The smallest absolute Gasteiger partial charge is 0.0821 e. The van der Waals surface area contributed by atoms with Crippen molar-refractivity contribution in [3.05, 3.63) is 28.4 Å². The van der Waals surface area contributed by atoms with Crippen LogP contribution in [0, 0.1) is 6.92 Å². The van der Waals surface area contributed by atoms with E-state index in [0.717, 1.165) is 9.99 Å². The molecule has 76 valence electrons. The number of aromatic nitrogens is 2. The van der Waals surface area contributed by atoms with Crippen LogP contribution >= 0.6 is 15.9 Å². The lowest BCUT2D eigenvalue weighted by molar-refractivity contribution is 0.795. The Kier molecular flexibility index (Phi) is 3.69. The second-order valence-corrected chi connectivity index (χ2v) is 3.81. The van der Waals surface area contributed by atoms with Gasteiger partial charge in [-0.2, -0.15) is 5.10 Å². The van der Waals surface area contributed by atoms with Gasteiger partial charge in [0.15, 0.2) is 0 Å². The summed E-state index contributed by atoms with van der Waals surface area (Å²) in [6.45, 7) is 6.08. The molecular weight excluding hydrogens is 240 g/mol. The molecule has 1 heterocycles. The Morgan fingerprint density at radius 3 is 2.57 bits per heavy atom. The first kappa shape index (κ1) is 11.2. The summed E-state index contributed by atoms with van der Waals surface area (Å²) in [5, 5.41) is 5.37. The zero-order chi connectivity index (χ0) is 10.7. The van der Waals surface area contributed by atoms with Crippen molar-refractivity contribution in [3.8, 4) is 0 Å². The number of halogens is 1. The van der Waals surface area contributed by atoms with Crippen molar-refractivity contribution >= 4 is 26.8 Å². The molecule has 0 saturated heterocycles. The van der Waals surface area contributed by atoms with E-state index in [4.69, 9.17) is 0 Å². The first-order valence-electron chi connectivity index (χ1n) is 4.76. The Hall–Kier alpha value is -0.830. The van der Waals surface area contributed by atoms with Gasteiger partial charge in [-0.25, -0.2) is 0 Å². The Labute approximate surface area is 93.1 Å². The van der Waals surface area contributed by atoms with Crippen LogP contribution in [-0.4, -0.2) is 9.78 Å². The van der Waals surface area contributed by atoms with Crippen LogP contribution in [0.25, 0.3) is 10.9 Å². The lowest BCUT2D eigenvalue weighted by Gasteiger charge is -1.99. The van der Waals surface area contributed by atoms with E-state index in [9.17, 15) is 0 Å². The van der Waals surface area contributed by atoms with Crippen molar-refractivity contribution in [2.24, 2.45) is 7.05 Å². The molecule has 0 radical (unpaired) electrons. The second kappa shape index (κ2) is 4.60. The van der Waals surface area contributed by atoms with Gasteiger partial charge in [0, 0.05) is 16.9 Å². The van der Waals surface area contributed by atoms with Crippen LogP contribution in [0.5, 0.6) is 0 Å². The van der Waals surface area contributed by atoms with E-state index in [1.807, 2.05) is 31.8 Å². The van der Waals surface area contributed by atoms with Crippen LogP contribution in [0.15, 0.2) is 22.8 Å². The van der Waals surface area contributed by atoms with Crippen molar-refractivity contribution in [3.63, 3.8) is 0 Å². The maximum atomic E-state index is 4.18. The average Bonchev–Trinajstić information content (AvgIpc) is 2.51. The predicted octanol–water partition coefficient (Wildman–Crippen LogP) is 3.67. The maximum Gasteiger partial charge on any atom is 0.0821 e. The van der Waals surface area contributed by atoms with E-state index in [1.165, 1.54) is 10.9 Å². The molecule has 0 unspecified atom stereocenters. The van der Waals surface area contributed by atoms with Crippen LogP contribution in [0.2, 0.25) is 0 Å². The minimum atomic E-state index is 1.11. The highest BCUT2D eigenvalue weighted by Gasteiger charge is 2.03. The molecule has 0 aliphatic heterocycles. The first-order valence-corrected chi connectivity index (χ1v) is 5.55. The molecule has 0 amide bonds. The summed E-state index contributed by atoms with van der Waals surface area (Å²) >= 11 is 3.52. The molecule has 0 spiro atoms. The van der Waals surface area contributed by atoms with Gasteiger partial charge in [-0.05, 0) is 40.5 Å². The molecule has 3 heteroatoms. The van der Waals surface area contributed by atoms with E-state index in [0.29, 0.717) is 0 Å². The van der Waals surface area contributed by atoms with Gasteiger partial charge in [-0.3, -0.25) is 4.68 Å². The number of benzene rings is 1. The number of fused-ring (bicyclic) bond motifs is 1. The number of hydrogen-bond donors (Lipinski definition) is 0. The summed E-state index contributed by atoms with van der Waals surface area (Å²) in [4.78, 5) is 0. The molecule has 0 atom stereocenters. The molecule has 0 fully saturated rings. The molecule has 2 aromatic rings. The van der Waals surface area contributed by atoms with Crippen LogP contribution in [0.3, 0.4) is 0 Å². The average molecular weight is 255 g/mol. The monoisotopic (exact) mass is 254 g/mol. The number of hydrogen-bond acceptors (Lipinski definition) is 1. The van der Waals surface area contributed by atoms with Crippen molar-refractivity contribution in [2.45, 2.75) is 20.8 Å². The van der Waals surface area contributed by atoms with Gasteiger partial charge in [-0.1, -0.05) is 13.8 Å². The first-order chi connectivity index (χ1) is 6.68. The molecule has 0 aliphatic rings. The number of aryl methyl sites for hydroxylation is 2. The summed E-state index contributed by atoms with van der Waals surface area (Å²) in [6.07, 6.45) is 1.88. The fraction of sp³-hybridized carbons (Fsp3) is 0.364. The predicted molar refractivity (Wildman–Crippen MR) is 64.5 cm³/mol. The highest BCUT2D eigenvalue weighted by molar-refractivity contribution is 9.10. The van der Waals surface area contributed by atoms with E-state index in [2.05, 4.69) is 40.1 Å². The third-order valence-electron chi connectivity index (χ3n) is 1.93. The lowest BCUT2D eigenvalue weighted by Crippen LogP contribution is -1.89. The second-order valence-electron chi connectivity index (χ2n) is 2.95. The normalized spacial score (nSPS) is 9.79. The zero-order valence-corrected chi connectivity index (χ0v) is 10.6. The molecule has 1 aromatic heterocycles. The van der Waals surface area contributed by atoms with Crippen molar-refractivity contribution in [1.82, 2.24) is 9.78 Å². The summed E-state index contributed by atoms with van der Waals surface area (Å²) < 4.78 is 2.98. The molecule has 2 nitrogen and oxygen atoms in total. The van der Waals surface area contributed by atoms with Gasteiger partial charge in [0.05, 0.1) is 11.7 Å². The van der Waals surface area contributed by atoms with Gasteiger partial charge in [0.1, 0.15) is 0 Å². The number of rotatable bonds is 0. The van der Waals surface area contributed by atoms with Crippen LogP contribution in [-0.2, 0) is 7.05 Å². The Balaban J connectivity index is 0.000000461. The Morgan fingerprint density at radius 2 is 1.93 bits per heavy atom. The quantitative estimate of drug-likeness (QED) is 0.702. The van der Waals surface area contributed by atoms with Crippen molar-refractivity contribution in [1.29, 1.82) is 0 Å². The van der Waals surface area contributed by atoms with E-state index in [1.54, 1.807) is 0 Å². The van der Waals surface area contributed by atoms with Gasteiger partial charge in [0.2, 0.25) is 0 Å². The number of nitrogens with zero attached hydrogens (tertiary/aromatic N) is 2. The third-order valence-corrected chi connectivity index (χ3v) is 2.54. The highest BCUT2D eigenvalue weighted by atomic mass is 79.9. The fourth-order valence-electron chi connectivity index (χ4n) is 1.41. The van der Waals surface area contributed by atoms with Crippen LogP contribution in [0.4, 0.5) is 0 Å². The topological polar surface area (TPSA) is 17.8 Å². The van der Waals surface area contributed by atoms with Crippen LogP contribution in [0.1, 0.15) is 19.4 Å². The van der Waals surface area contributed by atoms with Gasteiger partial charge >= 0.3 is 0 Å². The van der Waals surface area contributed by atoms with Crippen molar-refractivity contribution < 1.29 is 0 Å². The molecule has 0 saturated carbocycles. The highest BCUT2D eigenvalue weighted by Crippen LogP contribution is 2.24. The molecular formula is C11H15BrN2. The van der Waals surface area contributed by atoms with Crippen molar-refractivity contribution in [2.75, 3.05) is 0 Å². The summed E-state index contributed by atoms with van der Waals surface area (Å²) in [7, 11) is 1.95. The van der Waals surface area contributed by atoms with E-state index in [-0.39, 0.29) is 0 Å². The van der Waals surface area contributed by atoms with E-state index >= 15 is 0 Å². The van der Waals surface area contributed by atoms with Gasteiger partial charge in [-0.15, -0.1) is 0 Å². The van der Waals surface area contributed by atoms with Crippen LogP contribution < -0.4 is 0 Å². The Bertz CT molecular complexity index is 432. The van der Waals surface area contributed by atoms with Gasteiger partial charge in [0.25, 0.3) is 0 Å². The lowest BCUT2D eigenvalue weighted by atomic mass is 10.2. The summed E-state index contributed by atoms with van der Waals surface area (Å²) in [6, 6.07) is 4.23. The SMILES string of the molecule is CC.Cc1cc(Br)c2c(cnn2C)c1. The molecule has 14 heavy (non-hydrogen) atoms. The maximum absolute atomic E-state index is 4.18. The zero-order valence-electron chi connectivity index (χ0n) is 9.00. The summed E-state index contributed by atoms with van der Waals surface area (Å²) in [5.74, 6) is 0. The minimum Gasteiger partial charge on any atom is -0.267 e.